The third kappa shape index (κ3) is 2.95. The first-order chi connectivity index (χ1) is 14.3. The molecule has 4 aromatic rings. The molecule has 0 N–H and O–H groups in total. The molecular weight excluding hydrogens is 406 g/mol. The Balaban J connectivity index is 2.21. The first-order valence-electron chi connectivity index (χ1n) is 9.10. The smallest absolute Gasteiger partial charge is 0.339 e. The Bertz CT molecular complexity index is 1410. The minimum Gasteiger partial charge on any atom is -0.465 e. The fourth-order valence-electron chi connectivity index (χ4n) is 3.59. The van der Waals surface area contributed by atoms with Gasteiger partial charge in [0.05, 0.1) is 35.0 Å². The van der Waals surface area contributed by atoms with Crippen LogP contribution in [0.1, 0.15) is 10.4 Å². The summed E-state index contributed by atoms with van der Waals surface area (Å²) < 4.78 is 9.14. The van der Waals surface area contributed by atoms with E-state index in [0.717, 1.165) is 4.57 Å². The summed E-state index contributed by atoms with van der Waals surface area (Å²) in [6.07, 6.45) is 1.68. The number of carbonyl (C=O) groups is 1. The summed E-state index contributed by atoms with van der Waals surface area (Å²) in [7, 11) is 4.35. The highest BCUT2D eigenvalue weighted by atomic mass is 35.5. The van der Waals surface area contributed by atoms with Crippen LogP contribution < -0.4 is 11.2 Å². The topological polar surface area (TPSA) is 75.2 Å². The molecule has 30 heavy (non-hydrogen) atoms. The van der Waals surface area contributed by atoms with Crippen LogP contribution in [0.4, 0.5) is 0 Å². The number of hydrogen-bond donors (Lipinski definition) is 0. The summed E-state index contributed by atoms with van der Waals surface area (Å²) in [5, 5.41) is 0.915. The number of halogens is 1. The number of benzene rings is 2. The van der Waals surface area contributed by atoms with Gasteiger partial charge in [0.2, 0.25) is 0 Å². The molecule has 0 saturated carbocycles. The highest BCUT2D eigenvalue weighted by Gasteiger charge is 2.22. The number of para-hydroxylation sites is 1. The number of hydrogen-bond acceptors (Lipinski definition) is 4. The van der Waals surface area contributed by atoms with Crippen LogP contribution in [0.5, 0.6) is 0 Å². The van der Waals surface area contributed by atoms with Gasteiger partial charge in [0.1, 0.15) is 0 Å². The maximum atomic E-state index is 13.1. The number of nitrogens with zero attached hydrogens (tertiary/aromatic N) is 3. The van der Waals surface area contributed by atoms with E-state index >= 15 is 0 Å². The quantitative estimate of drug-likeness (QED) is 0.474. The van der Waals surface area contributed by atoms with Crippen molar-refractivity contribution in [1.29, 1.82) is 0 Å². The van der Waals surface area contributed by atoms with Gasteiger partial charge in [0.15, 0.2) is 0 Å². The molecule has 2 aromatic heterocycles. The van der Waals surface area contributed by atoms with E-state index in [1.165, 1.54) is 18.7 Å². The molecule has 0 fully saturated rings. The average Bonchev–Trinajstić information content (AvgIpc) is 3.17. The van der Waals surface area contributed by atoms with Crippen LogP contribution in [-0.4, -0.2) is 26.8 Å². The first-order valence-corrected chi connectivity index (χ1v) is 9.47. The lowest BCUT2D eigenvalue weighted by molar-refractivity contribution is 0.0601. The Morgan fingerprint density at radius 1 is 0.967 bits per heavy atom. The molecule has 152 valence electrons. The van der Waals surface area contributed by atoms with E-state index in [-0.39, 0.29) is 0 Å². The molecule has 0 spiro atoms. The third-order valence-electron chi connectivity index (χ3n) is 5.13. The van der Waals surface area contributed by atoms with Crippen LogP contribution in [0.15, 0.2) is 64.3 Å². The largest absolute Gasteiger partial charge is 0.465 e. The van der Waals surface area contributed by atoms with Crippen molar-refractivity contribution in [2.24, 2.45) is 14.1 Å². The normalized spacial score (nSPS) is 11.1. The molecule has 4 rings (SSSR count). The van der Waals surface area contributed by atoms with Crippen molar-refractivity contribution in [2.45, 2.75) is 0 Å². The Kier molecular flexibility index (Phi) is 4.83. The van der Waals surface area contributed by atoms with Gasteiger partial charge >= 0.3 is 11.7 Å². The van der Waals surface area contributed by atoms with Crippen LogP contribution in [0.25, 0.3) is 27.8 Å². The van der Waals surface area contributed by atoms with E-state index in [1.54, 1.807) is 66.3 Å². The molecule has 0 unspecified atom stereocenters. The lowest BCUT2D eigenvalue weighted by atomic mass is 10.1. The Morgan fingerprint density at radius 2 is 1.63 bits per heavy atom. The van der Waals surface area contributed by atoms with Crippen LogP contribution in [-0.2, 0) is 18.8 Å². The van der Waals surface area contributed by atoms with Gasteiger partial charge in [-0.15, -0.1) is 0 Å². The molecule has 0 saturated heterocycles. The number of fused-ring (bicyclic) bond motifs is 1. The zero-order chi connectivity index (χ0) is 21.6. The molecule has 0 atom stereocenters. The second-order valence-electron chi connectivity index (χ2n) is 6.83. The van der Waals surface area contributed by atoms with Crippen molar-refractivity contribution in [1.82, 2.24) is 13.7 Å². The lowest BCUT2D eigenvalue weighted by Gasteiger charge is -2.13. The van der Waals surface area contributed by atoms with E-state index in [2.05, 4.69) is 0 Å². The molecule has 0 aliphatic carbocycles. The predicted molar refractivity (Wildman–Crippen MR) is 116 cm³/mol. The Morgan fingerprint density at radius 3 is 2.30 bits per heavy atom. The minimum absolute atomic E-state index is 0.331. The van der Waals surface area contributed by atoms with Crippen molar-refractivity contribution in [3.8, 4) is 16.9 Å². The SMILES string of the molecule is COC(=O)c1ccccc1-n1cc2c(c1-c1ccc(Cl)cc1)c(=O)n(C)c(=O)n2C. The van der Waals surface area contributed by atoms with Gasteiger partial charge < -0.3 is 9.30 Å². The summed E-state index contributed by atoms with van der Waals surface area (Å²) in [6.45, 7) is 0. The number of aromatic nitrogens is 3. The van der Waals surface area contributed by atoms with Gasteiger partial charge in [0.25, 0.3) is 5.56 Å². The van der Waals surface area contributed by atoms with Gasteiger partial charge in [-0.3, -0.25) is 13.9 Å². The number of rotatable bonds is 3. The van der Waals surface area contributed by atoms with Crippen LogP contribution in [0.3, 0.4) is 0 Å². The summed E-state index contributed by atoms with van der Waals surface area (Å²) in [4.78, 5) is 38.0. The van der Waals surface area contributed by atoms with E-state index in [9.17, 15) is 14.4 Å². The van der Waals surface area contributed by atoms with Crippen molar-refractivity contribution in [2.75, 3.05) is 7.11 Å². The van der Waals surface area contributed by atoms with Crippen LogP contribution in [0, 0.1) is 0 Å². The molecule has 0 aliphatic heterocycles. The van der Waals surface area contributed by atoms with Gasteiger partial charge in [-0.05, 0) is 29.8 Å². The summed E-state index contributed by atoms with van der Waals surface area (Å²) in [5.41, 5.74) is 1.71. The van der Waals surface area contributed by atoms with Crippen molar-refractivity contribution < 1.29 is 9.53 Å². The van der Waals surface area contributed by atoms with Crippen molar-refractivity contribution >= 4 is 28.5 Å². The average molecular weight is 424 g/mol. The van der Waals surface area contributed by atoms with Crippen LogP contribution >= 0.6 is 11.6 Å². The number of aryl methyl sites for hydroxylation is 1. The van der Waals surface area contributed by atoms with Gasteiger partial charge in [-0.25, -0.2) is 9.59 Å². The number of methoxy groups -OCH3 is 1. The summed E-state index contributed by atoms with van der Waals surface area (Å²) in [5.74, 6) is -0.507. The molecule has 2 aromatic carbocycles. The van der Waals surface area contributed by atoms with Gasteiger partial charge in [0, 0.05) is 25.3 Å². The van der Waals surface area contributed by atoms with E-state index in [1.807, 2.05) is 0 Å². The number of esters is 1. The molecule has 0 bridgehead atoms. The zero-order valence-corrected chi connectivity index (χ0v) is 17.3. The monoisotopic (exact) mass is 423 g/mol. The highest BCUT2D eigenvalue weighted by molar-refractivity contribution is 6.30. The predicted octanol–water partition coefficient (Wildman–Crippen LogP) is 3.13. The molecule has 0 amide bonds. The molecular formula is C22H18ClN3O4. The fraction of sp³-hybridized carbons (Fsp3) is 0.136. The van der Waals surface area contributed by atoms with E-state index < -0.39 is 17.2 Å². The van der Waals surface area contributed by atoms with Crippen molar-refractivity contribution in [3.05, 3.63) is 86.2 Å². The van der Waals surface area contributed by atoms with E-state index in [0.29, 0.717) is 38.4 Å². The molecule has 0 aliphatic rings. The fourth-order valence-corrected chi connectivity index (χ4v) is 3.71. The van der Waals surface area contributed by atoms with Gasteiger partial charge in [-0.2, -0.15) is 0 Å². The number of carbonyl (C=O) groups excluding carboxylic acids is 1. The second-order valence-corrected chi connectivity index (χ2v) is 7.27. The molecule has 2 heterocycles. The maximum absolute atomic E-state index is 13.1. The molecule has 7 nitrogen and oxygen atoms in total. The maximum Gasteiger partial charge on any atom is 0.339 e. The zero-order valence-electron chi connectivity index (χ0n) is 16.5. The molecule has 0 radical (unpaired) electrons. The highest BCUT2D eigenvalue weighted by Crippen LogP contribution is 2.32. The van der Waals surface area contributed by atoms with Crippen LogP contribution in [0.2, 0.25) is 5.02 Å². The first kappa shape index (κ1) is 19.7. The molecule has 8 heteroatoms. The van der Waals surface area contributed by atoms with Gasteiger partial charge in [-0.1, -0.05) is 35.9 Å². The standard InChI is InChI=1S/C22H18ClN3O4/c1-24-17-12-26(16-7-5-4-6-15(16)21(28)30-3)19(13-8-10-14(23)11-9-13)18(17)20(27)25(2)22(24)29/h4-12H,1-3H3. The van der Waals surface area contributed by atoms with E-state index in [4.69, 9.17) is 16.3 Å². The summed E-state index contributed by atoms with van der Waals surface area (Å²) in [6, 6.07) is 13.9. The Hall–Kier alpha value is -3.58. The van der Waals surface area contributed by atoms with Crippen molar-refractivity contribution in [3.63, 3.8) is 0 Å². The lowest BCUT2D eigenvalue weighted by Crippen LogP contribution is -2.36. The Labute approximate surface area is 176 Å². The number of ether oxygens (including phenoxy) is 1. The minimum atomic E-state index is -0.507. The third-order valence-corrected chi connectivity index (χ3v) is 5.38. The second kappa shape index (κ2) is 7.35. The summed E-state index contributed by atoms with van der Waals surface area (Å²) >= 11 is 6.06.